The summed E-state index contributed by atoms with van der Waals surface area (Å²) in [6.07, 6.45) is 81.8. The van der Waals surface area contributed by atoms with Gasteiger partial charge >= 0.3 is 17.9 Å². The van der Waals surface area contributed by atoms with Crippen LogP contribution in [-0.4, -0.2) is 37.2 Å². The molecule has 1 unspecified atom stereocenters. The van der Waals surface area contributed by atoms with Crippen molar-refractivity contribution in [1.82, 2.24) is 0 Å². The molecule has 6 heteroatoms. The molecule has 0 radical (unpaired) electrons. The molecule has 0 fully saturated rings. The van der Waals surface area contributed by atoms with Gasteiger partial charge in [-0.2, -0.15) is 0 Å². The summed E-state index contributed by atoms with van der Waals surface area (Å²) in [6.45, 7) is 6.53. The SMILES string of the molecule is CC/C=C\C/C=C\C/C=C\C/C=C\CCCCCCCCCCCCCCCCCCCCC(=O)OCC(COC(=O)CCCCCCCC)OC(=O)CCCCCCCCCCCCCCCCCCCCCCC. The van der Waals surface area contributed by atoms with Crippen LogP contribution in [0.25, 0.3) is 0 Å². The summed E-state index contributed by atoms with van der Waals surface area (Å²) in [7, 11) is 0. The first-order valence-corrected chi connectivity index (χ1v) is 33.6. The van der Waals surface area contributed by atoms with Gasteiger partial charge in [0.1, 0.15) is 13.2 Å². The van der Waals surface area contributed by atoms with Gasteiger partial charge in [-0.05, 0) is 57.8 Å². The van der Waals surface area contributed by atoms with Gasteiger partial charge in [0, 0.05) is 19.3 Å². The van der Waals surface area contributed by atoms with E-state index in [1.54, 1.807) is 0 Å². The lowest BCUT2D eigenvalue weighted by Crippen LogP contribution is -2.30. The molecule has 1 atom stereocenters. The number of carbonyl (C=O) groups excluding carboxylic acids is 3. The van der Waals surface area contributed by atoms with Crippen LogP contribution in [0.15, 0.2) is 48.6 Å². The molecule has 0 amide bonds. The van der Waals surface area contributed by atoms with Crippen molar-refractivity contribution >= 4 is 17.9 Å². The maximum atomic E-state index is 12.9. The van der Waals surface area contributed by atoms with Gasteiger partial charge in [-0.1, -0.05) is 333 Å². The summed E-state index contributed by atoms with van der Waals surface area (Å²) in [5, 5.41) is 0. The van der Waals surface area contributed by atoms with Crippen LogP contribution in [0.3, 0.4) is 0 Å². The van der Waals surface area contributed by atoms with Crippen LogP contribution < -0.4 is 0 Å². The van der Waals surface area contributed by atoms with E-state index in [-0.39, 0.29) is 31.1 Å². The van der Waals surface area contributed by atoms with E-state index in [1.807, 2.05) is 0 Å². The topological polar surface area (TPSA) is 78.9 Å². The third-order valence-corrected chi connectivity index (χ3v) is 15.1. The lowest BCUT2D eigenvalue weighted by molar-refractivity contribution is -0.167. The summed E-state index contributed by atoms with van der Waals surface area (Å²) in [5.41, 5.74) is 0. The van der Waals surface area contributed by atoms with Crippen molar-refractivity contribution in [2.75, 3.05) is 13.2 Å². The fraction of sp³-hybridized carbons (Fsp3) is 0.843. The molecule has 0 rings (SSSR count). The first-order chi connectivity index (χ1) is 37.5. The average Bonchev–Trinajstić information content (AvgIpc) is 3.42. The van der Waals surface area contributed by atoms with Crippen LogP contribution in [0.4, 0.5) is 0 Å². The highest BCUT2D eigenvalue weighted by molar-refractivity contribution is 5.71. The molecule has 0 N–H and O–H groups in total. The molecular formula is C70H128O6. The summed E-state index contributed by atoms with van der Waals surface area (Å²) < 4.78 is 16.8. The molecule has 0 spiro atoms. The fourth-order valence-corrected chi connectivity index (χ4v) is 10.1. The second-order valence-electron chi connectivity index (χ2n) is 22.7. The molecule has 0 aromatic carbocycles. The molecule has 0 aromatic heterocycles. The molecule has 444 valence electrons. The van der Waals surface area contributed by atoms with E-state index in [4.69, 9.17) is 14.2 Å². The zero-order chi connectivity index (χ0) is 55.0. The van der Waals surface area contributed by atoms with E-state index in [0.29, 0.717) is 19.3 Å². The average molecular weight is 1070 g/mol. The molecule has 0 aliphatic rings. The van der Waals surface area contributed by atoms with Crippen LogP contribution >= 0.6 is 0 Å². The second kappa shape index (κ2) is 64.9. The van der Waals surface area contributed by atoms with E-state index in [9.17, 15) is 14.4 Å². The van der Waals surface area contributed by atoms with E-state index >= 15 is 0 Å². The largest absolute Gasteiger partial charge is 0.462 e. The normalized spacial score (nSPS) is 12.3. The van der Waals surface area contributed by atoms with Gasteiger partial charge < -0.3 is 14.2 Å². The van der Waals surface area contributed by atoms with Gasteiger partial charge in [-0.25, -0.2) is 0 Å². The molecule has 0 saturated carbocycles. The van der Waals surface area contributed by atoms with Crippen LogP contribution in [-0.2, 0) is 28.6 Å². The van der Waals surface area contributed by atoms with Crippen molar-refractivity contribution in [2.24, 2.45) is 0 Å². The number of ether oxygens (including phenoxy) is 3. The molecule has 0 heterocycles. The van der Waals surface area contributed by atoms with Crippen molar-refractivity contribution in [2.45, 2.75) is 367 Å². The Hall–Kier alpha value is -2.63. The lowest BCUT2D eigenvalue weighted by Gasteiger charge is -2.18. The number of unbranched alkanes of at least 4 members (excludes halogenated alkanes) is 43. The van der Waals surface area contributed by atoms with Gasteiger partial charge in [0.05, 0.1) is 0 Å². The van der Waals surface area contributed by atoms with Gasteiger partial charge in [0.25, 0.3) is 0 Å². The first-order valence-electron chi connectivity index (χ1n) is 33.6. The minimum absolute atomic E-state index is 0.0667. The number of hydrogen-bond donors (Lipinski definition) is 0. The maximum Gasteiger partial charge on any atom is 0.306 e. The highest BCUT2D eigenvalue weighted by atomic mass is 16.6. The number of carbonyl (C=O) groups is 3. The Balaban J connectivity index is 3.97. The lowest BCUT2D eigenvalue weighted by atomic mass is 10.0. The van der Waals surface area contributed by atoms with Crippen LogP contribution in [0.5, 0.6) is 0 Å². The molecular weight excluding hydrogens is 937 g/mol. The standard InChI is InChI=1S/C70H128O6/c1-4-7-10-13-16-18-20-22-24-26-28-30-31-32-33-34-35-36-37-38-39-41-42-44-46-48-50-52-54-57-60-63-69(72)75-66-67(65-74-68(71)62-59-56-15-12-9-6-3)76-70(73)64-61-58-55-53-51-49-47-45-43-40-29-27-25-23-21-19-17-14-11-8-5-2/h7,10,16,18,22,24,28,30,67H,4-6,8-9,11-15,17,19-21,23,25-27,29,31-66H2,1-3H3/b10-7-,18-16-,24-22-,30-28-. The Kier molecular flexibility index (Phi) is 62.6. The first kappa shape index (κ1) is 73.4. The number of allylic oxidation sites excluding steroid dienone is 8. The van der Waals surface area contributed by atoms with Crippen LogP contribution in [0.1, 0.15) is 361 Å². The summed E-state index contributed by atoms with van der Waals surface area (Å²) in [6, 6.07) is 0. The van der Waals surface area contributed by atoms with Crippen LogP contribution in [0, 0.1) is 0 Å². The van der Waals surface area contributed by atoms with E-state index in [1.165, 1.54) is 238 Å². The molecule has 0 aliphatic heterocycles. The second-order valence-corrected chi connectivity index (χ2v) is 22.7. The zero-order valence-electron chi connectivity index (χ0n) is 51.0. The molecule has 0 saturated heterocycles. The van der Waals surface area contributed by atoms with E-state index in [0.717, 1.165) is 83.5 Å². The smallest absolute Gasteiger partial charge is 0.306 e. The third-order valence-electron chi connectivity index (χ3n) is 15.1. The predicted molar refractivity (Wildman–Crippen MR) is 330 cm³/mol. The number of hydrogen-bond acceptors (Lipinski definition) is 6. The van der Waals surface area contributed by atoms with Crippen molar-refractivity contribution in [3.63, 3.8) is 0 Å². The minimum Gasteiger partial charge on any atom is -0.462 e. The Morgan fingerprint density at radius 2 is 0.513 bits per heavy atom. The molecule has 0 aromatic rings. The highest BCUT2D eigenvalue weighted by Gasteiger charge is 2.19. The predicted octanol–water partition coefficient (Wildman–Crippen LogP) is 22.9. The number of esters is 3. The van der Waals surface area contributed by atoms with Gasteiger partial charge in [0.2, 0.25) is 0 Å². The summed E-state index contributed by atoms with van der Waals surface area (Å²) in [5.74, 6) is -0.852. The van der Waals surface area contributed by atoms with Crippen LogP contribution in [0.2, 0.25) is 0 Å². The zero-order valence-corrected chi connectivity index (χ0v) is 51.0. The van der Waals surface area contributed by atoms with Gasteiger partial charge in [-0.3, -0.25) is 14.4 Å². The van der Waals surface area contributed by atoms with Crippen molar-refractivity contribution in [3.8, 4) is 0 Å². The molecule has 0 aliphatic carbocycles. The van der Waals surface area contributed by atoms with Gasteiger partial charge in [0.15, 0.2) is 6.10 Å². The Bertz CT molecular complexity index is 1310. The quantitative estimate of drug-likeness (QED) is 0.0261. The summed E-state index contributed by atoms with van der Waals surface area (Å²) >= 11 is 0. The van der Waals surface area contributed by atoms with Crippen molar-refractivity contribution < 1.29 is 28.6 Å². The molecule has 0 bridgehead atoms. The highest BCUT2D eigenvalue weighted by Crippen LogP contribution is 2.18. The Labute approximate surface area is 473 Å². The molecule has 76 heavy (non-hydrogen) atoms. The minimum atomic E-state index is -0.766. The fourth-order valence-electron chi connectivity index (χ4n) is 10.1. The number of rotatable bonds is 62. The Morgan fingerprint density at radius 3 is 0.803 bits per heavy atom. The van der Waals surface area contributed by atoms with Gasteiger partial charge in [-0.15, -0.1) is 0 Å². The van der Waals surface area contributed by atoms with Crippen molar-refractivity contribution in [3.05, 3.63) is 48.6 Å². The third kappa shape index (κ3) is 62.2. The maximum absolute atomic E-state index is 12.9. The summed E-state index contributed by atoms with van der Waals surface area (Å²) in [4.78, 5) is 38.0. The monoisotopic (exact) mass is 1060 g/mol. The molecule has 6 nitrogen and oxygen atoms in total. The Morgan fingerprint density at radius 1 is 0.276 bits per heavy atom. The van der Waals surface area contributed by atoms with Crippen molar-refractivity contribution in [1.29, 1.82) is 0 Å². The van der Waals surface area contributed by atoms with E-state index in [2.05, 4.69) is 69.4 Å². The van der Waals surface area contributed by atoms with E-state index < -0.39 is 6.10 Å².